The number of methoxy groups -OCH3 is 3. The van der Waals surface area contributed by atoms with E-state index in [0.717, 1.165) is 31.1 Å². The first-order valence-corrected chi connectivity index (χ1v) is 9.96. The number of nitrogens with zero attached hydrogens (tertiary/aromatic N) is 1. The molecule has 0 aliphatic heterocycles. The van der Waals surface area contributed by atoms with Gasteiger partial charge in [0.25, 0.3) is 0 Å². The summed E-state index contributed by atoms with van der Waals surface area (Å²) in [5.74, 6) is 0.419. The van der Waals surface area contributed by atoms with Crippen LogP contribution in [-0.2, 0) is 12.8 Å². The van der Waals surface area contributed by atoms with Gasteiger partial charge >= 0.3 is 0 Å². The van der Waals surface area contributed by atoms with E-state index in [-0.39, 0.29) is 33.8 Å². The quantitative estimate of drug-likeness (QED) is 0.516. The predicted octanol–water partition coefficient (Wildman–Crippen LogP) is 3.91. The second kappa shape index (κ2) is 6.83. The number of carbonyl (C=O) groups excluding carboxylic acids is 2. The molecule has 3 aromatic rings. The Labute approximate surface area is 173 Å². The molecule has 1 heterocycles. The summed E-state index contributed by atoms with van der Waals surface area (Å²) in [5, 5.41) is 0.884. The first-order valence-electron chi connectivity index (χ1n) is 9.96. The Morgan fingerprint density at radius 2 is 1.33 bits per heavy atom. The van der Waals surface area contributed by atoms with Crippen molar-refractivity contribution in [2.45, 2.75) is 25.7 Å². The van der Waals surface area contributed by atoms with Gasteiger partial charge in [-0.05, 0) is 55.0 Å². The summed E-state index contributed by atoms with van der Waals surface area (Å²) in [7, 11) is 4.47. The van der Waals surface area contributed by atoms with Crippen molar-refractivity contribution in [3.8, 4) is 17.2 Å². The lowest BCUT2D eigenvalue weighted by Gasteiger charge is -2.25. The Morgan fingerprint density at radius 1 is 0.767 bits per heavy atom. The van der Waals surface area contributed by atoms with Crippen LogP contribution in [0.15, 0.2) is 24.4 Å². The molecule has 0 bridgehead atoms. The fourth-order valence-corrected chi connectivity index (χ4v) is 4.75. The van der Waals surface area contributed by atoms with Gasteiger partial charge in [-0.25, -0.2) is 0 Å². The molecule has 0 atom stereocenters. The Hall–Kier alpha value is -3.41. The topological polar surface area (TPSA) is 74.7 Å². The highest BCUT2D eigenvalue weighted by molar-refractivity contribution is 6.34. The van der Waals surface area contributed by atoms with Crippen LogP contribution in [-0.4, -0.2) is 37.9 Å². The Bertz CT molecular complexity index is 1240. The van der Waals surface area contributed by atoms with Crippen molar-refractivity contribution in [3.63, 3.8) is 0 Å². The molecule has 0 radical (unpaired) electrons. The number of benzene rings is 2. The first-order chi connectivity index (χ1) is 14.6. The Morgan fingerprint density at radius 3 is 1.97 bits per heavy atom. The van der Waals surface area contributed by atoms with Gasteiger partial charge in [0.15, 0.2) is 0 Å². The minimum absolute atomic E-state index is 0.199. The zero-order valence-electron chi connectivity index (χ0n) is 17.1. The second-order valence-corrected chi connectivity index (χ2v) is 7.57. The van der Waals surface area contributed by atoms with Gasteiger partial charge in [0.2, 0.25) is 11.6 Å². The second-order valence-electron chi connectivity index (χ2n) is 7.57. The van der Waals surface area contributed by atoms with E-state index in [0.29, 0.717) is 22.8 Å². The van der Waals surface area contributed by atoms with Crippen LogP contribution < -0.4 is 14.2 Å². The summed E-state index contributed by atoms with van der Waals surface area (Å²) < 4.78 is 16.4. The minimum Gasteiger partial charge on any atom is -0.496 e. The molecule has 0 saturated carbocycles. The zero-order chi connectivity index (χ0) is 21.0. The summed E-state index contributed by atoms with van der Waals surface area (Å²) in [6.07, 6.45) is 5.96. The van der Waals surface area contributed by atoms with Crippen molar-refractivity contribution >= 4 is 22.5 Å². The van der Waals surface area contributed by atoms with Gasteiger partial charge in [-0.3, -0.25) is 14.6 Å². The molecule has 30 heavy (non-hydrogen) atoms. The molecule has 2 aromatic carbocycles. The minimum atomic E-state index is -0.325. The van der Waals surface area contributed by atoms with Crippen molar-refractivity contribution < 1.29 is 23.8 Å². The summed E-state index contributed by atoms with van der Waals surface area (Å²) in [6, 6.07) is 5.13. The average Bonchev–Trinajstić information content (AvgIpc) is 2.80. The van der Waals surface area contributed by atoms with Crippen molar-refractivity contribution in [2.75, 3.05) is 21.3 Å². The van der Waals surface area contributed by atoms with Gasteiger partial charge in [-0.1, -0.05) is 0 Å². The lowest BCUT2D eigenvalue weighted by molar-refractivity contribution is 0.0972. The molecule has 0 spiro atoms. The molecule has 0 fully saturated rings. The van der Waals surface area contributed by atoms with E-state index in [1.807, 2.05) is 12.3 Å². The van der Waals surface area contributed by atoms with E-state index in [4.69, 9.17) is 14.2 Å². The van der Waals surface area contributed by atoms with Crippen LogP contribution in [0.25, 0.3) is 10.9 Å². The van der Waals surface area contributed by atoms with E-state index < -0.39 is 0 Å². The Balaban J connectivity index is 1.90. The van der Waals surface area contributed by atoms with Crippen molar-refractivity contribution in [2.24, 2.45) is 0 Å². The van der Waals surface area contributed by atoms with Crippen LogP contribution in [0.1, 0.15) is 55.8 Å². The van der Waals surface area contributed by atoms with Gasteiger partial charge in [0.1, 0.15) is 17.2 Å². The lowest BCUT2D eigenvalue weighted by atomic mass is 9.80. The molecule has 2 aliphatic rings. The summed E-state index contributed by atoms with van der Waals surface area (Å²) >= 11 is 0. The maximum atomic E-state index is 13.8. The predicted molar refractivity (Wildman–Crippen MR) is 111 cm³/mol. The molecule has 6 heteroatoms. The van der Waals surface area contributed by atoms with E-state index in [9.17, 15) is 9.59 Å². The molecule has 0 saturated heterocycles. The number of aromatic nitrogens is 1. The molecule has 0 amide bonds. The van der Waals surface area contributed by atoms with E-state index >= 15 is 0 Å². The highest BCUT2D eigenvalue weighted by Gasteiger charge is 2.39. The number of fused-ring (bicyclic) bond motifs is 6. The number of hydrogen-bond donors (Lipinski definition) is 0. The number of ether oxygens (including phenoxy) is 3. The average molecular weight is 403 g/mol. The third kappa shape index (κ3) is 2.39. The molecule has 0 N–H and O–H groups in total. The Kier molecular flexibility index (Phi) is 4.24. The lowest BCUT2D eigenvalue weighted by Crippen LogP contribution is -2.24. The molecule has 1 aromatic heterocycles. The molecule has 152 valence electrons. The number of pyridine rings is 1. The third-order valence-corrected chi connectivity index (χ3v) is 6.15. The van der Waals surface area contributed by atoms with E-state index in [1.165, 1.54) is 32.5 Å². The first kappa shape index (κ1) is 18.6. The van der Waals surface area contributed by atoms with Gasteiger partial charge in [-0.2, -0.15) is 0 Å². The highest BCUT2D eigenvalue weighted by Crippen LogP contribution is 2.44. The van der Waals surface area contributed by atoms with Crippen LogP contribution in [0.4, 0.5) is 0 Å². The largest absolute Gasteiger partial charge is 0.496 e. The SMILES string of the molecule is COc1ccc(OC)c2c1C(=O)c1c(OC)cc3c4c(cnc3c1C2=O)CCCC4. The normalized spacial score (nSPS) is 14.8. The summed E-state index contributed by atoms with van der Waals surface area (Å²) in [6.45, 7) is 0. The molecular weight excluding hydrogens is 382 g/mol. The third-order valence-electron chi connectivity index (χ3n) is 6.15. The van der Waals surface area contributed by atoms with Gasteiger partial charge in [0, 0.05) is 11.6 Å². The number of carbonyl (C=O) groups is 2. The number of ketones is 2. The standard InChI is InChI=1S/C24H21NO5/c1-28-15-8-9-16(29-2)19-18(15)23(26)20-17(30-3)10-14-13-7-5-4-6-12(13)11-25-22(14)21(20)24(19)27/h8-11H,4-7H2,1-3H3. The fourth-order valence-electron chi connectivity index (χ4n) is 4.75. The van der Waals surface area contributed by atoms with Gasteiger partial charge < -0.3 is 14.2 Å². The molecule has 0 unspecified atom stereocenters. The van der Waals surface area contributed by atoms with Crippen molar-refractivity contribution in [1.29, 1.82) is 0 Å². The van der Waals surface area contributed by atoms with E-state index in [1.54, 1.807) is 12.1 Å². The summed E-state index contributed by atoms with van der Waals surface area (Å²) in [5.41, 5.74) is 3.86. The van der Waals surface area contributed by atoms with Crippen molar-refractivity contribution in [1.82, 2.24) is 4.98 Å². The number of rotatable bonds is 3. The number of hydrogen-bond acceptors (Lipinski definition) is 6. The smallest absolute Gasteiger partial charge is 0.202 e. The van der Waals surface area contributed by atoms with Crippen molar-refractivity contribution in [3.05, 3.63) is 57.8 Å². The van der Waals surface area contributed by atoms with Crippen LogP contribution in [0.2, 0.25) is 0 Å². The van der Waals surface area contributed by atoms with Crippen LogP contribution in [0.3, 0.4) is 0 Å². The van der Waals surface area contributed by atoms with Gasteiger partial charge in [-0.15, -0.1) is 0 Å². The fraction of sp³-hybridized carbons (Fsp3) is 0.292. The summed E-state index contributed by atoms with van der Waals surface area (Å²) in [4.78, 5) is 32.0. The number of aryl methyl sites for hydroxylation is 2. The maximum Gasteiger partial charge on any atom is 0.202 e. The van der Waals surface area contributed by atoms with Crippen LogP contribution in [0, 0.1) is 0 Å². The molecule has 5 rings (SSSR count). The molecule has 6 nitrogen and oxygen atoms in total. The molecule has 2 aliphatic carbocycles. The van der Waals surface area contributed by atoms with Crippen LogP contribution >= 0.6 is 0 Å². The maximum absolute atomic E-state index is 13.8. The highest BCUT2D eigenvalue weighted by atomic mass is 16.5. The van der Waals surface area contributed by atoms with Gasteiger partial charge in [0.05, 0.1) is 49.1 Å². The van der Waals surface area contributed by atoms with E-state index in [2.05, 4.69) is 4.98 Å². The van der Waals surface area contributed by atoms with Crippen LogP contribution in [0.5, 0.6) is 17.2 Å². The zero-order valence-corrected chi connectivity index (χ0v) is 17.1. The molecular formula is C24H21NO5. The monoisotopic (exact) mass is 403 g/mol.